The summed E-state index contributed by atoms with van der Waals surface area (Å²) in [5, 5.41) is 24.4. The van der Waals surface area contributed by atoms with Gasteiger partial charge in [-0.1, -0.05) is 18.2 Å². The van der Waals surface area contributed by atoms with Crippen molar-refractivity contribution in [2.45, 2.75) is 6.92 Å². The number of nitrogens with one attached hydrogen (secondary N) is 1. The van der Waals surface area contributed by atoms with E-state index in [1.807, 2.05) is 6.07 Å². The highest BCUT2D eigenvalue weighted by Gasteiger charge is 2.30. The molecule has 0 unspecified atom stereocenters. The van der Waals surface area contributed by atoms with Gasteiger partial charge < -0.3 is 4.90 Å². The molecule has 0 radical (unpaired) electrons. The molecule has 1 aliphatic rings. The lowest BCUT2D eigenvalue weighted by atomic mass is 9.98. The highest BCUT2D eigenvalue weighted by molar-refractivity contribution is 6.46. The first-order valence-corrected chi connectivity index (χ1v) is 7.02. The summed E-state index contributed by atoms with van der Waals surface area (Å²) in [6, 6.07) is 5.98. The maximum Gasteiger partial charge on any atom is 0.295 e. The van der Waals surface area contributed by atoms with Crippen LogP contribution in [0.5, 0.6) is 0 Å². The summed E-state index contributed by atoms with van der Waals surface area (Å²) >= 11 is 5.75. The van der Waals surface area contributed by atoms with Gasteiger partial charge >= 0.3 is 0 Å². The molecule has 0 fully saturated rings. The average molecular weight is 346 g/mol. The predicted octanol–water partition coefficient (Wildman–Crippen LogP) is 2.84. The van der Waals surface area contributed by atoms with E-state index in [9.17, 15) is 20.2 Å². The number of halogens is 1. The van der Waals surface area contributed by atoms with Crippen LogP contribution in [0.4, 0.5) is 11.4 Å². The normalized spacial score (nSPS) is 16.4. The van der Waals surface area contributed by atoms with Crippen molar-refractivity contribution >= 4 is 34.6 Å². The van der Waals surface area contributed by atoms with Gasteiger partial charge in [-0.05, 0) is 19.1 Å². The van der Waals surface area contributed by atoms with Crippen molar-refractivity contribution < 1.29 is 9.72 Å². The number of nitro groups is 1. The molecular formula is C15H12ClN5O3. The SMILES string of the molecule is C=C1C(C#N)=C(C)C(=NNc2ccc(Cl)cc2[N+](=O)[O-])C(=O)N1C. The lowest BCUT2D eigenvalue weighted by Gasteiger charge is -2.26. The van der Waals surface area contributed by atoms with Gasteiger partial charge in [0.25, 0.3) is 11.6 Å². The zero-order valence-corrected chi connectivity index (χ0v) is 13.6. The zero-order chi connectivity index (χ0) is 18.0. The van der Waals surface area contributed by atoms with Crippen molar-refractivity contribution in [3.05, 3.63) is 56.8 Å². The summed E-state index contributed by atoms with van der Waals surface area (Å²) in [5.41, 5.74) is 3.11. The quantitative estimate of drug-likeness (QED) is 0.668. The number of nitriles is 1. The van der Waals surface area contributed by atoms with Crippen LogP contribution in [0.25, 0.3) is 0 Å². The number of rotatable bonds is 3. The Morgan fingerprint density at radius 2 is 2.17 bits per heavy atom. The number of carbonyl (C=O) groups excluding carboxylic acids is 1. The number of hydrazone groups is 1. The van der Waals surface area contributed by atoms with Crippen LogP contribution in [-0.2, 0) is 4.79 Å². The van der Waals surface area contributed by atoms with E-state index < -0.39 is 10.8 Å². The van der Waals surface area contributed by atoms with Crippen molar-refractivity contribution in [3.63, 3.8) is 0 Å². The molecule has 0 bridgehead atoms. The van der Waals surface area contributed by atoms with Crippen LogP contribution in [0.3, 0.4) is 0 Å². The molecule has 9 heteroatoms. The van der Waals surface area contributed by atoms with E-state index in [1.54, 1.807) is 6.92 Å². The van der Waals surface area contributed by atoms with Crippen LogP contribution in [0, 0.1) is 21.4 Å². The average Bonchev–Trinajstić information content (AvgIpc) is 2.54. The van der Waals surface area contributed by atoms with Crippen molar-refractivity contribution in [1.82, 2.24) is 4.90 Å². The Morgan fingerprint density at radius 1 is 1.50 bits per heavy atom. The minimum absolute atomic E-state index is 0.0225. The lowest BCUT2D eigenvalue weighted by molar-refractivity contribution is -0.383. The standard InChI is InChI=1S/C15H12ClN5O3/c1-8-11(7-17)9(2)20(3)15(22)14(8)19-18-12-5-4-10(16)6-13(12)21(23)24/h4-6,18H,2H2,1,3H3. The Morgan fingerprint density at radius 3 is 2.75 bits per heavy atom. The van der Waals surface area contributed by atoms with Gasteiger partial charge in [-0.25, -0.2) is 0 Å². The minimum Gasteiger partial charge on any atom is -0.309 e. The number of nitro benzene ring substituents is 1. The molecule has 0 spiro atoms. The van der Waals surface area contributed by atoms with Crippen LogP contribution >= 0.6 is 11.6 Å². The molecule has 2 rings (SSSR count). The van der Waals surface area contributed by atoms with Crippen LogP contribution in [0.15, 0.2) is 46.7 Å². The van der Waals surface area contributed by atoms with Gasteiger partial charge in [0.1, 0.15) is 11.8 Å². The summed E-state index contributed by atoms with van der Waals surface area (Å²) in [6.07, 6.45) is 0. The number of hydrogen-bond acceptors (Lipinski definition) is 6. The fourth-order valence-corrected chi connectivity index (χ4v) is 2.26. The largest absolute Gasteiger partial charge is 0.309 e. The molecule has 24 heavy (non-hydrogen) atoms. The Bertz CT molecular complexity index is 866. The molecule has 1 N–H and O–H groups in total. The van der Waals surface area contributed by atoms with E-state index in [0.717, 1.165) is 0 Å². The highest BCUT2D eigenvalue weighted by Crippen LogP contribution is 2.28. The third kappa shape index (κ3) is 2.98. The first-order valence-electron chi connectivity index (χ1n) is 6.64. The van der Waals surface area contributed by atoms with Gasteiger partial charge in [0.05, 0.1) is 16.2 Å². The summed E-state index contributed by atoms with van der Waals surface area (Å²) in [4.78, 5) is 23.9. The third-order valence-electron chi connectivity index (χ3n) is 3.49. The number of nitrogens with zero attached hydrogens (tertiary/aromatic N) is 4. The van der Waals surface area contributed by atoms with Gasteiger partial charge in [-0.15, -0.1) is 0 Å². The van der Waals surface area contributed by atoms with Gasteiger partial charge in [0, 0.05) is 23.7 Å². The second-order valence-electron chi connectivity index (χ2n) is 4.91. The van der Waals surface area contributed by atoms with E-state index in [1.165, 1.54) is 30.1 Å². The zero-order valence-electron chi connectivity index (χ0n) is 12.8. The Labute approximate surface area is 142 Å². The van der Waals surface area contributed by atoms with Crippen molar-refractivity contribution in [3.8, 4) is 6.07 Å². The summed E-state index contributed by atoms with van der Waals surface area (Å²) in [6.45, 7) is 5.25. The summed E-state index contributed by atoms with van der Waals surface area (Å²) < 4.78 is 0. The molecule has 0 aromatic heterocycles. The fourth-order valence-electron chi connectivity index (χ4n) is 2.09. The molecule has 0 atom stereocenters. The fraction of sp³-hybridized carbons (Fsp3) is 0.133. The number of allylic oxidation sites excluding steroid dienone is 1. The molecule has 122 valence electrons. The van der Waals surface area contributed by atoms with Gasteiger partial charge in [0.2, 0.25) is 0 Å². The predicted molar refractivity (Wildman–Crippen MR) is 89.4 cm³/mol. The van der Waals surface area contributed by atoms with E-state index in [4.69, 9.17) is 11.6 Å². The molecule has 1 aromatic carbocycles. The Kier molecular flexibility index (Phi) is 4.66. The number of likely N-dealkylation sites (N-methyl/N-ethyl adjacent to an activating group) is 1. The molecule has 1 aromatic rings. The minimum atomic E-state index is -0.617. The Hall–Kier alpha value is -3.18. The molecular weight excluding hydrogens is 334 g/mol. The van der Waals surface area contributed by atoms with Crippen molar-refractivity contribution in [2.24, 2.45) is 5.10 Å². The third-order valence-corrected chi connectivity index (χ3v) is 3.72. The van der Waals surface area contributed by atoms with E-state index in [0.29, 0.717) is 5.57 Å². The van der Waals surface area contributed by atoms with Crippen LogP contribution in [-0.4, -0.2) is 28.5 Å². The number of amides is 1. The number of hydrogen-bond donors (Lipinski definition) is 1. The molecule has 0 saturated heterocycles. The molecule has 1 heterocycles. The van der Waals surface area contributed by atoms with Crippen LogP contribution in [0.2, 0.25) is 5.02 Å². The van der Waals surface area contributed by atoms with E-state index in [-0.39, 0.29) is 33.4 Å². The Balaban J connectivity index is 2.47. The first kappa shape index (κ1) is 17.2. The monoisotopic (exact) mass is 345 g/mol. The van der Waals surface area contributed by atoms with Crippen LogP contribution < -0.4 is 5.43 Å². The van der Waals surface area contributed by atoms with Crippen molar-refractivity contribution in [2.75, 3.05) is 12.5 Å². The summed E-state index contributed by atoms with van der Waals surface area (Å²) in [5.74, 6) is -0.472. The van der Waals surface area contributed by atoms with Gasteiger partial charge in [-0.3, -0.25) is 20.3 Å². The first-order chi connectivity index (χ1) is 11.3. The highest BCUT2D eigenvalue weighted by atomic mass is 35.5. The smallest absolute Gasteiger partial charge is 0.295 e. The molecule has 1 aliphatic heterocycles. The van der Waals surface area contributed by atoms with Gasteiger partial charge in [0.15, 0.2) is 5.71 Å². The van der Waals surface area contributed by atoms with E-state index >= 15 is 0 Å². The van der Waals surface area contributed by atoms with Crippen LogP contribution in [0.1, 0.15) is 6.92 Å². The maximum absolute atomic E-state index is 12.3. The van der Waals surface area contributed by atoms with Crippen molar-refractivity contribution in [1.29, 1.82) is 5.26 Å². The topological polar surface area (TPSA) is 112 Å². The number of benzene rings is 1. The lowest BCUT2D eigenvalue weighted by Crippen LogP contribution is -2.38. The molecule has 0 aliphatic carbocycles. The summed E-state index contributed by atoms with van der Waals surface area (Å²) in [7, 11) is 1.47. The number of carbonyl (C=O) groups is 1. The van der Waals surface area contributed by atoms with Gasteiger partial charge in [-0.2, -0.15) is 10.4 Å². The maximum atomic E-state index is 12.3. The van der Waals surface area contributed by atoms with E-state index in [2.05, 4.69) is 17.1 Å². The molecule has 8 nitrogen and oxygen atoms in total. The number of anilines is 1. The second kappa shape index (κ2) is 6.52. The molecule has 1 amide bonds. The molecule has 0 saturated carbocycles. The second-order valence-corrected chi connectivity index (χ2v) is 5.35.